The normalized spacial score (nSPS) is 12.6. The first-order valence-corrected chi connectivity index (χ1v) is 7.37. The maximum absolute atomic E-state index is 5.92. The standard InChI is InChI=1S/C14H16BrNS/c1-10-6-7-17-14(10)8-11(9-16)12-4-2-3-5-13(12)15/h2-7,11H,8-9,16H2,1H3. The molecule has 90 valence electrons. The molecule has 0 aliphatic heterocycles. The molecule has 3 heteroatoms. The molecule has 1 heterocycles. The van der Waals surface area contributed by atoms with Crippen LogP contribution in [-0.2, 0) is 6.42 Å². The van der Waals surface area contributed by atoms with Gasteiger partial charge in [0.2, 0.25) is 0 Å². The summed E-state index contributed by atoms with van der Waals surface area (Å²) in [6.07, 6.45) is 1.03. The van der Waals surface area contributed by atoms with Gasteiger partial charge in [-0.3, -0.25) is 0 Å². The number of hydrogen-bond acceptors (Lipinski definition) is 2. The topological polar surface area (TPSA) is 26.0 Å². The molecule has 1 aromatic carbocycles. The molecule has 0 fully saturated rings. The Labute approximate surface area is 115 Å². The van der Waals surface area contributed by atoms with E-state index in [1.54, 1.807) is 0 Å². The van der Waals surface area contributed by atoms with Gasteiger partial charge in [0, 0.05) is 15.3 Å². The summed E-state index contributed by atoms with van der Waals surface area (Å²) in [6.45, 7) is 2.85. The van der Waals surface area contributed by atoms with Gasteiger partial charge in [0.05, 0.1) is 0 Å². The summed E-state index contributed by atoms with van der Waals surface area (Å²) in [4.78, 5) is 1.44. The van der Waals surface area contributed by atoms with E-state index in [9.17, 15) is 0 Å². The highest BCUT2D eigenvalue weighted by Crippen LogP contribution is 2.29. The van der Waals surface area contributed by atoms with Gasteiger partial charge in [-0.05, 0) is 48.5 Å². The molecule has 2 aromatic rings. The van der Waals surface area contributed by atoms with Crippen LogP contribution in [0.25, 0.3) is 0 Å². The molecular weight excluding hydrogens is 294 g/mol. The molecule has 0 bridgehead atoms. The van der Waals surface area contributed by atoms with Crippen LogP contribution in [0.2, 0.25) is 0 Å². The van der Waals surface area contributed by atoms with Crippen LogP contribution in [0.4, 0.5) is 0 Å². The predicted molar refractivity (Wildman–Crippen MR) is 78.7 cm³/mol. The van der Waals surface area contributed by atoms with Crippen molar-refractivity contribution in [3.63, 3.8) is 0 Å². The van der Waals surface area contributed by atoms with Gasteiger partial charge in [-0.1, -0.05) is 34.1 Å². The number of halogens is 1. The van der Waals surface area contributed by atoms with Crippen LogP contribution < -0.4 is 5.73 Å². The Hall–Kier alpha value is -0.640. The van der Waals surface area contributed by atoms with Crippen molar-refractivity contribution in [2.24, 2.45) is 5.73 Å². The fourth-order valence-corrected chi connectivity index (χ4v) is 3.56. The van der Waals surface area contributed by atoms with Gasteiger partial charge in [0.15, 0.2) is 0 Å². The number of hydrogen-bond donors (Lipinski definition) is 1. The molecule has 2 N–H and O–H groups in total. The fraction of sp³-hybridized carbons (Fsp3) is 0.286. The van der Waals surface area contributed by atoms with Crippen molar-refractivity contribution in [3.8, 4) is 0 Å². The zero-order valence-corrected chi connectivity index (χ0v) is 12.2. The molecular formula is C14H16BrNS. The molecule has 0 spiro atoms. The first-order valence-electron chi connectivity index (χ1n) is 5.70. The van der Waals surface area contributed by atoms with Crippen LogP contribution in [0, 0.1) is 6.92 Å². The Morgan fingerprint density at radius 1 is 1.29 bits per heavy atom. The van der Waals surface area contributed by atoms with E-state index in [4.69, 9.17) is 5.73 Å². The lowest BCUT2D eigenvalue weighted by Crippen LogP contribution is -2.15. The minimum atomic E-state index is 0.392. The molecule has 1 unspecified atom stereocenters. The second kappa shape index (κ2) is 5.80. The zero-order chi connectivity index (χ0) is 12.3. The molecule has 0 saturated heterocycles. The zero-order valence-electron chi connectivity index (χ0n) is 9.82. The quantitative estimate of drug-likeness (QED) is 0.904. The van der Waals surface area contributed by atoms with E-state index in [2.05, 4.69) is 52.5 Å². The van der Waals surface area contributed by atoms with E-state index in [0.717, 1.165) is 10.9 Å². The highest BCUT2D eigenvalue weighted by atomic mass is 79.9. The Morgan fingerprint density at radius 2 is 2.06 bits per heavy atom. The van der Waals surface area contributed by atoms with Gasteiger partial charge in [0.1, 0.15) is 0 Å². The van der Waals surface area contributed by atoms with Gasteiger partial charge < -0.3 is 5.73 Å². The van der Waals surface area contributed by atoms with Crippen LogP contribution in [0.1, 0.15) is 21.9 Å². The Balaban J connectivity index is 2.23. The van der Waals surface area contributed by atoms with E-state index >= 15 is 0 Å². The monoisotopic (exact) mass is 309 g/mol. The highest BCUT2D eigenvalue weighted by Gasteiger charge is 2.15. The number of aryl methyl sites for hydroxylation is 1. The summed E-state index contributed by atoms with van der Waals surface area (Å²) in [6, 6.07) is 10.5. The van der Waals surface area contributed by atoms with Crippen molar-refractivity contribution in [2.75, 3.05) is 6.54 Å². The largest absolute Gasteiger partial charge is 0.330 e. The maximum Gasteiger partial charge on any atom is 0.0210 e. The van der Waals surface area contributed by atoms with E-state index in [-0.39, 0.29) is 0 Å². The van der Waals surface area contributed by atoms with Gasteiger partial charge in [-0.25, -0.2) is 0 Å². The van der Waals surface area contributed by atoms with Crippen molar-refractivity contribution < 1.29 is 0 Å². The SMILES string of the molecule is Cc1ccsc1CC(CN)c1ccccc1Br. The molecule has 0 aliphatic rings. The number of benzene rings is 1. The van der Waals surface area contributed by atoms with Crippen molar-refractivity contribution in [2.45, 2.75) is 19.3 Å². The van der Waals surface area contributed by atoms with Gasteiger partial charge >= 0.3 is 0 Å². The highest BCUT2D eigenvalue weighted by molar-refractivity contribution is 9.10. The second-order valence-electron chi connectivity index (χ2n) is 4.19. The summed E-state index contributed by atoms with van der Waals surface area (Å²) < 4.78 is 1.16. The number of thiophene rings is 1. The van der Waals surface area contributed by atoms with Gasteiger partial charge in [-0.2, -0.15) is 0 Å². The molecule has 0 amide bonds. The van der Waals surface area contributed by atoms with E-state index in [1.165, 1.54) is 16.0 Å². The maximum atomic E-state index is 5.92. The second-order valence-corrected chi connectivity index (χ2v) is 6.04. The van der Waals surface area contributed by atoms with Crippen LogP contribution in [0.5, 0.6) is 0 Å². The predicted octanol–water partition coefficient (Wildman–Crippen LogP) is 4.10. The first kappa shape index (κ1) is 12.8. The van der Waals surface area contributed by atoms with Gasteiger partial charge in [-0.15, -0.1) is 11.3 Å². The minimum Gasteiger partial charge on any atom is -0.330 e. The third kappa shape index (κ3) is 2.97. The summed E-state index contributed by atoms with van der Waals surface area (Å²) in [5, 5.41) is 2.15. The van der Waals surface area contributed by atoms with Crippen LogP contribution in [-0.4, -0.2) is 6.54 Å². The average molecular weight is 310 g/mol. The summed E-state index contributed by atoms with van der Waals surface area (Å²) in [5.41, 5.74) is 8.61. The van der Waals surface area contributed by atoms with E-state index in [1.807, 2.05) is 17.4 Å². The first-order chi connectivity index (χ1) is 8.22. The lowest BCUT2D eigenvalue weighted by atomic mass is 9.94. The lowest BCUT2D eigenvalue weighted by molar-refractivity contribution is 0.696. The fourth-order valence-electron chi connectivity index (χ4n) is 1.96. The number of nitrogens with two attached hydrogens (primary N) is 1. The number of rotatable bonds is 4. The van der Waals surface area contributed by atoms with Crippen molar-refractivity contribution in [1.29, 1.82) is 0 Å². The Kier molecular flexibility index (Phi) is 4.37. The summed E-state index contributed by atoms with van der Waals surface area (Å²) >= 11 is 5.43. The molecule has 0 aliphatic carbocycles. The van der Waals surface area contributed by atoms with E-state index < -0.39 is 0 Å². The smallest absolute Gasteiger partial charge is 0.0210 e. The molecule has 17 heavy (non-hydrogen) atoms. The van der Waals surface area contributed by atoms with Gasteiger partial charge in [0.25, 0.3) is 0 Å². The van der Waals surface area contributed by atoms with E-state index in [0.29, 0.717) is 12.5 Å². The summed E-state index contributed by atoms with van der Waals surface area (Å²) in [5.74, 6) is 0.392. The minimum absolute atomic E-state index is 0.392. The molecule has 1 atom stereocenters. The lowest BCUT2D eigenvalue weighted by Gasteiger charge is -2.16. The third-order valence-electron chi connectivity index (χ3n) is 3.03. The van der Waals surface area contributed by atoms with Crippen LogP contribution in [0.3, 0.4) is 0 Å². The van der Waals surface area contributed by atoms with Crippen LogP contribution in [0.15, 0.2) is 40.2 Å². The molecule has 1 nitrogen and oxygen atoms in total. The average Bonchev–Trinajstić information content (AvgIpc) is 2.73. The van der Waals surface area contributed by atoms with Crippen LogP contribution >= 0.6 is 27.3 Å². The molecule has 0 radical (unpaired) electrons. The Bertz CT molecular complexity index is 492. The molecule has 0 saturated carbocycles. The van der Waals surface area contributed by atoms with Crippen molar-refractivity contribution in [1.82, 2.24) is 0 Å². The Morgan fingerprint density at radius 3 is 2.65 bits per heavy atom. The van der Waals surface area contributed by atoms with Crippen molar-refractivity contribution >= 4 is 27.3 Å². The third-order valence-corrected chi connectivity index (χ3v) is 4.80. The molecule has 1 aromatic heterocycles. The van der Waals surface area contributed by atoms with Crippen molar-refractivity contribution in [3.05, 3.63) is 56.2 Å². The summed E-state index contributed by atoms with van der Waals surface area (Å²) in [7, 11) is 0. The molecule has 2 rings (SSSR count).